The summed E-state index contributed by atoms with van der Waals surface area (Å²) in [5, 5.41) is 10.8. The molecule has 0 aliphatic heterocycles. The molecule has 12 aromatic rings. The molecule has 8 aromatic carbocycles. The van der Waals surface area contributed by atoms with Crippen molar-refractivity contribution in [2.24, 2.45) is 0 Å². The summed E-state index contributed by atoms with van der Waals surface area (Å²) in [6.45, 7) is 0. The van der Waals surface area contributed by atoms with E-state index >= 15 is 8.78 Å². The van der Waals surface area contributed by atoms with Crippen LogP contribution in [0.5, 0.6) is 0 Å². The van der Waals surface area contributed by atoms with Gasteiger partial charge < -0.3 is 8.83 Å². The second kappa shape index (κ2) is 11.9. The Hall–Kier alpha value is -6.60. The molecule has 0 unspecified atom stereocenters. The third kappa shape index (κ3) is 5.10. The molecule has 0 bridgehead atoms. The lowest BCUT2D eigenvalue weighted by Crippen LogP contribution is -1.83. The van der Waals surface area contributed by atoms with E-state index < -0.39 is 0 Å². The van der Waals surface area contributed by atoms with E-state index in [9.17, 15) is 0 Å². The highest BCUT2D eigenvalue weighted by Crippen LogP contribution is 2.42. The molecule has 6 heteroatoms. The van der Waals surface area contributed by atoms with Crippen LogP contribution in [0.2, 0.25) is 0 Å². The molecule has 0 N–H and O–H groups in total. The van der Waals surface area contributed by atoms with Crippen LogP contribution in [0.15, 0.2) is 167 Å². The van der Waals surface area contributed by atoms with Crippen LogP contribution in [0.1, 0.15) is 0 Å². The van der Waals surface area contributed by atoms with Crippen molar-refractivity contribution in [1.82, 2.24) is 0 Å². The lowest BCUT2D eigenvalue weighted by molar-refractivity contribution is 0.601. The second-order valence-electron chi connectivity index (χ2n) is 14.4. The smallest absolute Gasteiger partial charge is 0.138 e. The highest BCUT2D eigenvalue weighted by Gasteiger charge is 2.17. The number of benzene rings is 8. The Labute approximate surface area is 326 Å². The van der Waals surface area contributed by atoms with Gasteiger partial charge in [-0.25, -0.2) is 8.78 Å². The molecular weight excluding hydrogens is 735 g/mol. The molecule has 12 rings (SSSR count). The summed E-state index contributed by atoms with van der Waals surface area (Å²) in [5.41, 5.74) is 4.03. The fraction of sp³-hybridized carbons (Fsp3) is 0. The topological polar surface area (TPSA) is 26.3 Å². The first-order chi connectivity index (χ1) is 27.5. The van der Waals surface area contributed by atoms with E-state index in [2.05, 4.69) is 72.8 Å². The van der Waals surface area contributed by atoms with E-state index in [4.69, 9.17) is 8.83 Å². The van der Waals surface area contributed by atoms with Gasteiger partial charge in [-0.15, -0.1) is 22.7 Å². The Morgan fingerprint density at radius 2 is 0.750 bits per heavy atom. The van der Waals surface area contributed by atoms with E-state index in [1.165, 1.54) is 0 Å². The lowest BCUT2D eigenvalue weighted by Gasteiger charge is -2.02. The van der Waals surface area contributed by atoms with Crippen LogP contribution in [0.3, 0.4) is 0 Å². The average Bonchev–Trinajstić information content (AvgIpc) is 4.01. The normalized spacial score (nSPS) is 12.1. The van der Waals surface area contributed by atoms with Crippen LogP contribution in [-0.4, -0.2) is 0 Å². The zero-order chi connectivity index (χ0) is 37.1. The van der Waals surface area contributed by atoms with Gasteiger partial charge in [-0.1, -0.05) is 60.7 Å². The molecule has 2 nitrogen and oxygen atoms in total. The highest BCUT2D eigenvalue weighted by molar-refractivity contribution is 7.22. The number of hydrogen-bond donors (Lipinski definition) is 0. The van der Waals surface area contributed by atoms with E-state index in [0.29, 0.717) is 22.6 Å². The standard InChI is InChI=1S/C50H26F2O2S2/c51-41-17-31(9-11-39(41)45-21-35-13-27-5-1-3-7-29(27)19-43(35)53-45)47-25-37-15-33-24-50-38(16-34(33)23-49(37)55-47)26-48(56-50)32-10-12-40(42(52)18-32)46-22-36-14-28-6-2-4-8-30(28)20-44(36)54-46/h1-26H. The van der Waals surface area contributed by atoms with Crippen LogP contribution >= 0.6 is 22.7 Å². The van der Waals surface area contributed by atoms with Crippen molar-refractivity contribution in [3.63, 3.8) is 0 Å². The SMILES string of the molecule is Fc1cc(-c2cc3cc4cc5sc(-c6ccc(-c7cc8cc9ccccc9cc8o7)c(F)c6)cc5cc4cc3s2)ccc1-c1cc2cc3ccccc3cc2o1. The second-order valence-corrected chi connectivity index (χ2v) is 16.6. The molecule has 0 spiro atoms. The van der Waals surface area contributed by atoms with E-state index in [1.807, 2.05) is 72.8 Å². The first-order valence-electron chi connectivity index (χ1n) is 18.3. The van der Waals surface area contributed by atoms with Crippen LogP contribution in [-0.2, 0) is 0 Å². The van der Waals surface area contributed by atoms with E-state index in [-0.39, 0.29) is 11.6 Å². The molecular formula is C50H26F2O2S2. The van der Waals surface area contributed by atoms with Crippen molar-refractivity contribution in [3.8, 4) is 43.5 Å². The monoisotopic (exact) mass is 760 g/mol. The summed E-state index contributed by atoms with van der Waals surface area (Å²) < 4.78 is 46.0. The zero-order valence-electron chi connectivity index (χ0n) is 29.4. The predicted octanol–water partition coefficient (Wildman–Crippen LogP) is 16.0. The van der Waals surface area contributed by atoms with Gasteiger partial charge in [0.2, 0.25) is 0 Å². The van der Waals surface area contributed by atoms with Crippen LogP contribution in [0.4, 0.5) is 8.78 Å². The van der Waals surface area contributed by atoms with Crippen LogP contribution < -0.4 is 0 Å². The minimum Gasteiger partial charge on any atom is -0.456 e. The van der Waals surface area contributed by atoms with Gasteiger partial charge in [0, 0.05) is 29.9 Å². The molecule has 0 amide bonds. The minimum atomic E-state index is -0.317. The number of halogens is 2. The molecule has 0 aliphatic carbocycles. The maximum absolute atomic E-state index is 15.7. The molecule has 264 valence electrons. The Morgan fingerprint density at radius 3 is 1.18 bits per heavy atom. The molecule has 4 heterocycles. The van der Waals surface area contributed by atoms with Crippen LogP contribution in [0.25, 0.3) is 118 Å². The summed E-state index contributed by atoms with van der Waals surface area (Å²) in [7, 11) is 0. The summed E-state index contributed by atoms with van der Waals surface area (Å²) >= 11 is 3.31. The summed E-state index contributed by atoms with van der Waals surface area (Å²) in [5.74, 6) is 0.401. The molecule has 56 heavy (non-hydrogen) atoms. The average molecular weight is 761 g/mol. The quantitative estimate of drug-likeness (QED) is 0.179. The van der Waals surface area contributed by atoms with Gasteiger partial charge in [0.05, 0.1) is 11.1 Å². The number of furan rings is 2. The summed E-state index contributed by atoms with van der Waals surface area (Å²) in [6.07, 6.45) is 0. The van der Waals surface area contributed by atoms with Gasteiger partial charge >= 0.3 is 0 Å². The molecule has 0 aliphatic rings. The van der Waals surface area contributed by atoms with E-state index in [0.717, 1.165) is 95.3 Å². The number of hydrogen-bond acceptors (Lipinski definition) is 4. The molecule has 0 saturated heterocycles. The van der Waals surface area contributed by atoms with Crippen LogP contribution in [0, 0.1) is 11.6 Å². The van der Waals surface area contributed by atoms with Crippen molar-refractivity contribution < 1.29 is 17.6 Å². The van der Waals surface area contributed by atoms with Crippen molar-refractivity contribution in [2.45, 2.75) is 0 Å². The Balaban J connectivity index is 0.841. The Morgan fingerprint density at radius 1 is 0.339 bits per heavy atom. The minimum absolute atomic E-state index is 0.317. The number of thiophene rings is 2. The van der Waals surface area contributed by atoms with Gasteiger partial charge in [-0.3, -0.25) is 0 Å². The Bertz CT molecular complexity index is 3170. The lowest BCUT2D eigenvalue weighted by atomic mass is 10.0. The first kappa shape index (κ1) is 31.7. The highest BCUT2D eigenvalue weighted by atomic mass is 32.1. The van der Waals surface area contributed by atoms with Gasteiger partial charge in [-0.05, 0) is 151 Å². The fourth-order valence-electron chi connectivity index (χ4n) is 8.06. The van der Waals surface area contributed by atoms with Crippen molar-refractivity contribution in [2.75, 3.05) is 0 Å². The Kier molecular flexibility index (Phi) is 6.77. The van der Waals surface area contributed by atoms with E-state index in [1.54, 1.807) is 34.8 Å². The summed E-state index contributed by atoms with van der Waals surface area (Å²) in [4.78, 5) is 2.00. The largest absolute Gasteiger partial charge is 0.456 e. The van der Waals surface area contributed by atoms with Gasteiger partial charge in [0.25, 0.3) is 0 Å². The summed E-state index contributed by atoms with van der Waals surface area (Å²) in [6, 6.07) is 52.2. The predicted molar refractivity (Wildman–Crippen MR) is 231 cm³/mol. The third-order valence-corrected chi connectivity index (χ3v) is 13.2. The fourth-order valence-corrected chi connectivity index (χ4v) is 10.2. The molecule has 4 aromatic heterocycles. The first-order valence-corrected chi connectivity index (χ1v) is 20.0. The van der Waals surface area contributed by atoms with Crippen molar-refractivity contribution in [3.05, 3.63) is 169 Å². The van der Waals surface area contributed by atoms with Gasteiger partial charge in [-0.2, -0.15) is 0 Å². The molecule has 0 radical (unpaired) electrons. The zero-order valence-corrected chi connectivity index (χ0v) is 31.0. The van der Waals surface area contributed by atoms with Crippen molar-refractivity contribution in [1.29, 1.82) is 0 Å². The molecule has 0 fully saturated rings. The van der Waals surface area contributed by atoms with Gasteiger partial charge in [0.1, 0.15) is 34.3 Å². The van der Waals surface area contributed by atoms with Crippen molar-refractivity contribution >= 4 is 97.1 Å². The molecule has 0 saturated carbocycles. The van der Waals surface area contributed by atoms with Gasteiger partial charge in [0.15, 0.2) is 0 Å². The number of rotatable bonds is 4. The maximum Gasteiger partial charge on any atom is 0.138 e. The third-order valence-electron chi connectivity index (χ3n) is 10.9. The molecule has 0 atom stereocenters. The number of fused-ring (bicyclic) bond motifs is 7. The maximum atomic E-state index is 15.7.